The van der Waals surface area contributed by atoms with E-state index in [4.69, 9.17) is 0 Å². The van der Waals surface area contributed by atoms with Crippen molar-refractivity contribution in [2.45, 2.75) is 13.8 Å². The lowest BCUT2D eigenvalue weighted by Crippen LogP contribution is -2.25. The summed E-state index contributed by atoms with van der Waals surface area (Å²) in [6.45, 7) is 19.0. The Bertz CT molecular complexity index is 702. The van der Waals surface area contributed by atoms with E-state index in [-0.39, 0.29) is 31.7 Å². The Labute approximate surface area is 166 Å². The molecule has 0 heterocycles. The highest BCUT2D eigenvalue weighted by Crippen LogP contribution is 2.41. The minimum Gasteiger partial charge on any atom is -0.0810 e. The molecule has 1 radical (unpaired) electrons. The smallest absolute Gasteiger partial charge is 0.00106 e. The summed E-state index contributed by atoms with van der Waals surface area (Å²) < 4.78 is 0. The van der Waals surface area contributed by atoms with E-state index in [1.807, 2.05) is 0 Å². The van der Waals surface area contributed by atoms with E-state index >= 15 is 0 Å². The second kappa shape index (κ2) is 10.1. The molecular weight excluding hydrogens is 388 g/mol. The first-order valence-corrected chi connectivity index (χ1v) is 17.7. The van der Waals surface area contributed by atoms with Crippen molar-refractivity contribution in [3.05, 3.63) is 36.4 Å². The van der Waals surface area contributed by atoms with Gasteiger partial charge in [-0.3, -0.25) is 0 Å². The summed E-state index contributed by atoms with van der Waals surface area (Å²) >= 11 is 0. The number of hydrogen-bond donors (Lipinski definition) is 0. The number of rotatable bonds is 7. The van der Waals surface area contributed by atoms with Crippen LogP contribution in [0.2, 0.25) is 0 Å². The molecule has 0 aliphatic rings. The summed E-state index contributed by atoms with van der Waals surface area (Å²) in [6, 6.07) is 15.6. The van der Waals surface area contributed by atoms with Crippen molar-refractivity contribution in [1.82, 2.24) is 0 Å². The van der Waals surface area contributed by atoms with Gasteiger partial charge < -0.3 is 0 Å². The number of benzene rings is 2. The van der Waals surface area contributed by atoms with Gasteiger partial charge in [-0.1, -0.05) is 69.8 Å². The van der Waals surface area contributed by atoms with Gasteiger partial charge in [0.1, 0.15) is 0 Å². The van der Waals surface area contributed by atoms with Crippen molar-refractivity contribution in [2.75, 3.05) is 52.3 Å². The van der Waals surface area contributed by atoms with Crippen LogP contribution in [0.4, 0.5) is 0 Å². The van der Waals surface area contributed by atoms with E-state index in [1.54, 1.807) is 10.6 Å². The monoisotopic (exact) mass is 421 g/mol. The topological polar surface area (TPSA) is 0 Å². The van der Waals surface area contributed by atoms with Crippen LogP contribution >= 0.6 is 31.7 Å². The first-order chi connectivity index (χ1) is 12.3. The molecule has 4 heteroatoms. The van der Waals surface area contributed by atoms with Crippen molar-refractivity contribution >= 4 is 52.9 Å². The predicted octanol–water partition coefficient (Wildman–Crippen LogP) is 5.40. The average molecular weight is 421 g/mol. The number of hydrogen-bond acceptors (Lipinski definition) is 0. The van der Waals surface area contributed by atoms with E-state index in [2.05, 4.69) is 90.2 Å². The van der Waals surface area contributed by atoms with E-state index in [0.29, 0.717) is 0 Å². The molecule has 0 bridgehead atoms. The zero-order chi connectivity index (χ0) is 19.4. The van der Waals surface area contributed by atoms with Crippen LogP contribution < -0.4 is 21.2 Å². The van der Waals surface area contributed by atoms with Crippen LogP contribution in [0.1, 0.15) is 13.8 Å². The maximum Gasteiger partial charge on any atom is -0.00106 e. The standard InChI is InChI=1S/C22H33P4/c1-9-26(10-2)19-14-12-11-13-18(19)22-20(24(5)6)15-17(23(3)4)16-21(22)25(7)8/h11-15H,9-10H2,1-8H3. The maximum atomic E-state index is 3.88. The van der Waals surface area contributed by atoms with Gasteiger partial charge >= 0.3 is 0 Å². The van der Waals surface area contributed by atoms with Crippen molar-refractivity contribution in [1.29, 1.82) is 0 Å². The van der Waals surface area contributed by atoms with E-state index in [1.165, 1.54) is 34.1 Å². The van der Waals surface area contributed by atoms with Crippen LogP contribution in [0, 0.1) is 6.07 Å². The van der Waals surface area contributed by atoms with Crippen LogP contribution in [0.25, 0.3) is 11.1 Å². The Morgan fingerprint density at radius 3 is 1.88 bits per heavy atom. The van der Waals surface area contributed by atoms with Crippen molar-refractivity contribution in [3.8, 4) is 11.1 Å². The molecule has 26 heavy (non-hydrogen) atoms. The zero-order valence-corrected chi connectivity index (χ0v) is 21.2. The van der Waals surface area contributed by atoms with Crippen LogP contribution in [0.15, 0.2) is 30.3 Å². The average Bonchev–Trinajstić information content (AvgIpc) is 2.61. The van der Waals surface area contributed by atoms with Gasteiger partial charge in [0.2, 0.25) is 0 Å². The lowest BCUT2D eigenvalue weighted by Gasteiger charge is -2.26. The highest BCUT2D eigenvalue weighted by atomic mass is 31.1. The van der Waals surface area contributed by atoms with Gasteiger partial charge in [-0.05, 0) is 96.8 Å². The summed E-state index contributed by atoms with van der Waals surface area (Å²) in [5.74, 6) is 0. The third-order valence-electron chi connectivity index (χ3n) is 4.70. The molecule has 0 amide bonds. The van der Waals surface area contributed by atoms with Gasteiger partial charge in [-0.25, -0.2) is 0 Å². The molecule has 2 rings (SSSR count). The SMILES string of the molecule is CCP(CC)c1ccccc1-c1c(P(C)C)[c]c(P(C)C)cc1P(C)C. The van der Waals surface area contributed by atoms with Crippen molar-refractivity contribution in [3.63, 3.8) is 0 Å². The highest BCUT2D eigenvalue weighted by molar-refractivity contribution is 7.68. The molecule has 0 atom stereocenters. The van der Waals surface area contributed by atoms with Gasteiger partial charge in [-0.15, -0.1) is 0 Å². The molecule has 2 aromatic rings. The third-order valence-corrected chi connectivity index (χ3v) is 11.1. The Morgan fingerprint density at radius 2 is 1.38 bits per heavy atom. The molecule has 0 unspecified atom stereocenters. The summed E-state index contributed by atoms with van der Waals surface area (Å²) in [6.07, 6.45) is 2.54. The van der Waals surface area contributed by atoms with Crippen molar-refractivity contribution < 1.29 is 0 Å². The molecule has 0 saturated heterocycles. The predicted molar refractivity (Wildman–Crippen MR) is 134 cm³/mol. The maximum absolute atomic E-state index is 3.88. The van der Waals surface area contributed by atoms with Crippen LogP contribution in [0.5, 0.6) is 0 Å². The second-order valence-corrected chi connectivity index (χ2v) is 16.7. The fourth-order valence-electron chi connectivity index (χ4n) is 3.26. The molecule has 141 valence electrons. The molecule has 0 N–H and O–H groups in total. The van der Waals surface area contributed by atoms with Crippen LogP contribution in [0.3, 0.4) is 0 Å². The zero-order valence-electron chi connectivity index (χ0n) is 17.6. The molecule has 0 spiro atoms. The fourth-order valence-corrected chi connectivity index (χ4v) is 8.31. The lowest BCUT2D eigenvalue weighted by molar-refractivity contribution is 1.42. The molecule has 0 fully saturated rings. The minimum absolute atomic E-state index is 0.0746. The van der Waals surface area contributed by atoms with Crippen molar-refractivity contribution in [2.24, 2.45) is 0 Å². The van der Waals surface area contributed by atoms with Crippen LogP contribution in [-0.2, 0) is 0 Å². The lowest BCUT2D eigenvalue weighted by atomic mass is 10.1. The second-order valence-electron chi connectivity index (χ2n) is 7.14. The Morgan fingerprint density at radius 1 is 0.769 bits per heavy atom. The van der Waals surface area contributed by atoms with Gasteiger partial charge in [-0.2, -0.15) is 0 Å². The normalized spacial score (nSPS) is 12.0. The molecule has 0 aromatic heterocycles. The summed E-state index contributed by atoms with van der Waals surface area (Å²) in [5.41, 5.74) is 3.03. The van der Waals surface area contributed by atoms with Gasteiger partial charge in [0.15, 0.2) is 0 Å². The van der Waals surface area contributed by atoms with Crippen LogP contribution in [-0.4, -0.2) is 52.3 Å². The Hall–Kier alpha value is 0.160. The first kappa shape index (κ1) is 22.4. The van der Waals surface area contributed by atoms with Gasteiger partial charge in [0, 0.05) is 0 Å². The molecule has 2 aromatic carbocycles. The van der Waals surface area contributed by atoms with E-state index < -0.39 is 0 Å². The highest BCUT2D eigenvalue weighted by Gasteiger charge is 2.22. The quantitative estimate of drug-likeness (QED) is 0.525. The molecule has 0 nitrogen and oxygen atoms in total. The third kappa shape index (κ3) is 4.95. The summed E-state index contributed by atoms with van der Waals surface area (Å²) in [4.78, 5) is 0. The Balaban J connectivity index is 2.85. The molecule has 0 saturated carbocycles. The fraction of sp³-hybridized carbons (Fsp3) is 0.455. The molecule has 0 aliphatic carbocycles. The summed E-state index contributed by atoms with van der Waals surface area (Å²) in [5, 5.41) is 6.13. The first-order valence-electron chi connectivity index (χ1n) is 9.28. The van der Waals surface area contributed by atoms with Gasteiger partial charge in [0.05, 0.1) is 0 Å². The summed E-state index contributed by atoms with van der Waals surface area (Å²) in [7, 11) is -0.534. The largest absolute Gasteiger partial charge is 0.0810 e. The van der Waals surface area contributed by atoms with E-state index in [9.17, 15) is 0 Å². The van der Waals surface area contributed by atoms with Gasteiger partial charge in [0.25, 0.3) is 0 Å². The van der Waals surface area contributed by atoms with E-state index in [0.717, 1.165) is 0 Å². The Kier molecular flexibility index (Phi) is 8.71. The molecular formula is C22H33P4. The molecule has 0 aliphatic heterocycles. The minimum atomic E-state index is -0.190.